The molecule has 24 heavy (non-hydrogen) atoms. The van der Waals surface area contributed by atoms with E-state index in [1.54, 1.807) is 48.5 Å². The molecule has 0 aliphatic carbocycles. The van der Waals surface area contributed by atoms with Crippen LogP contribution < -0.4 is 5.73 Å². The molecule has 0 spiro atoms. The molecule has 124 valence electrons. The van der Waals surface area contributed by atoms with Crippen LogP contribution >= 0.6 is 0 Å². The third-order valence-corrected chi connectivity index (χ3v) is 3.55. The van der Waals surface area contributed by atoms with Crippen LogP contribution in [0.5, 0.6) is 0 Å². The van der Waals surface area contributed by atoms with Crippen molar-refractivity contribution in [3.05, 3.63) is 71.8 Å². The molecule has 6 heteroatoms. The predicted octanol–water partition coefficient (Wildman–Crippen LogP) is 1.31. The second-order valence-corrected chi connectivity index (χ2v) is 5.18. The number of benzene rings is 2. The zero-order valence-corrected chi connectivity index (χ0v) is 13.0. The van der Waals surface area contributed by atoms with Crippen LogP contribution in [0.3, 0.4) is 0 Å². The van der Waals surface area contributed by atoms with Gasteiger partial charge in [0.25, 0.3) is 5.91 Å². The fraction of sp³-hybridized carbons (Fsp3) is 0.167. The number of aliphatic carboxylic acids is 1. The number of amides is 2. The van der Waals surface area contributed by atoms with Crippen LogP contribution in [0.15, 0.2) is 60.7 Å². The van der Waals surface area contributed by atoms with Gasteiger partial charge in [-0.1, -0.05) is 48.5 Å². The summed E-state index contributed by atoms with van der Waals surface area (Å²) in [6.45, 7) is -0.447. The molecule has 2 rings (SSSR count). The van der Waals surface area contributed by atoms with E-state index in [1.807, 2.05) is 0 Å². The summed E-state index contributed by atoms with van der Waals surface area (Å²) in [5.74, 6) is -2.66. The number of nitrogens with two attached hydrogens (primary N) is 1. The molecule has 2 aromatic carbocycles. The van der Waals surface area contributed by atoms with Crippen LogP contribution in [0.1, 0.15) is 15.9 Å². The highest BCUT2D eigenvalue weighted by molar-refractivity contribution is 6.07. The Morgan fingerprint density at radius 3 is 2.00 bits per heavy atom. The van der Waals surface area contributed by atoms with Crippen LogP contribution in [-0.4, -0.2) is 40.4 Å². The lowest BCUT2D eigenvalue weighted by atomic mass is 10.0. The van der Waals surface area contributed by atoms with E-state index in [2.05, 4.69) is 0 Å². The van der Waals surface area contributed by atoms with Gasteiger partial charge in [0, 0.05) is 12.0 Å². The van der Waals surface area contributed by atoms with E-state index in [9.17, 15) is 19.5 Å². The van der Waals surface area contributed by atoms with Gasteiger partial charge in [0.1, 0.15) is 6.04 Å². The Labute approximate surface area is 139 Å². The Hall–Kier alpha value is -2.99. The summed E-state index contributed by atoms with van der Waals surface area (Å²) in [7, 11) is 0. The van der Waals surface area contributed by atoms with Gasteiger partial charge in [-0.05, 0) is 17.7 Å². The Morgan fingerprint density at radius 2 is 1.50 bits per heavy atom. The average Bonchev–Trinajstić information content (AvgIpc) is 2.62. The number of hydrogen-bond donors (Lipinski definition) is 2. The maximum atomic E-state index is 12.7. The fourth-order valence-electron chi connectivity index (χ4n) is 2.37. The minimum atomic E-state index is -1.32. The zero-order valence-electron chi connectivity index (χ0n) is 13.0. The highest BCUT2D eigenvalue weighted by Crippen LogP contribution is 2.14. The van der Waals surface area contributed by atoms with Gasteiger partial charge in [-0.3, -0.25) is 14.5 Å². The minimum Gasteiger partial charge on any atom is -0.480 e. The standard InChI is InChI=1S/C18H18N2O4/c19-12-16(21)20(17(22)14-9-5-2-6-10-14)15(18(23)24)11-13-7-3-1-4-8-13/h1-10,15H,11-12,19H2,(H,23,24)/t15-/m0/s1. The predicted molar refractivity (Wildman–Crippen MR) is 88.2 cm³/mol. The lowest BCUT2D eigenvalue weighted by molar-refractivity contribution is -0.147. The number of hydrogen-bond acceptors (Lipinski definition) is 4. The Morgan fingerprint density at radius 1 is 0.958 bits per heavy atom. The van der Waals surface area contributed by atoms with E-state index < -0.39 is 30.4 Å². The van der Waals surface area contributed by atoms with Crippen molar-refractivity contribution >= 4 is 17.8 Å². The largest absolute Gasteiger partial charge is 0.480 e. The second-order valence-electron chi connectivity index (χ2n) is 5.18. The number of rotatable bonds is 6. The van der Waals surface area contributed by atoms with Crippen molar-refractivity contribution in [3.8, 4) is 0 Å². The van der Waals surface area contributed by atoms with Crippen molar-refractivity contribution in [3.63, 3.8) is 0 Å². The van der Waals surface area contributed by atoms with E-state index >= 15 is 0 Å². The van der Waals surface area contributed by atoms with Crippen molar-refractivity contribution in [2.45, 2.75) is 12.5 Å². The lowest BCUT2D eigenvalue weighted by Crippen LogP contribution is -2.51. The van der Waals surface area contributed by atoms with Gasteiger partial charge in [-0.25, -0.2) is 4.79 Å². The smallest absolute Gasteiger partial charge is 0.327 e. The summed E-state index contributed by atoms with van der Waals surface area (Å²) in [6, 6.07) is 15.6. The minimum absolute atomic E-state index is 0.0144. The molecular weight excluding hydrogens is 308 g/mol. The second kappa shape index (κ2) is 8.03. The average molecular weight is 326 g/mol. The van der Waals surface area contributed by atoms with Crippen molar-refractivity contribution in [1.82, 2.24) is 4.90 Å². The van der Waals surface area contributed by atoms with Crippen molar-refractivity contribution in [1.29, 1.82) is 0 Å². The van der Waals surface area contributed by atoms with Crippen LogP contribution in [-0.2, 0) is 16.0 Å². The third kappa shape index (κ3) is 4.05. The molecule has 0 bridgehead atoms. The molecule has 0 aliphatic rings. The molecule has 0 fully saturated rings. The molecule has 0 aromatic heterocycles. The third-order valence-electron chi connectivity index (χ3n) is 3.55. The maximum Gasteiger partial charge on any atom is 0.327 e. The van der Waals surface area contributed by atoms with Gasteiger partial charge < -0.3 is 10.8 Å². The summed E-state index contributed by atoms with van der Waals surface area (Å²) in [6.07, 6.45) is 0.0144. The van der Waals surface area contributed by atoms with Crippen LogP contribution in [0.4, 0.5) is 0 Å². The van der Waals surface area contributed by atoms with Gasteiger partial charge in [-0.15, -0.1) is 0 Å². The molecule has 0 radical (unpaired) electrons. The van der Waals surface area contributed by atoms with Crippen LogP contribution in [0, 0.1) is 0 Å². The number of carboxylic acid groups (broad SMARTS) is 1. The van der Waals surface area contributed by atoms with Gasteiger partial charge in [0.2, 0.25) is 5.91 Å². The highest BCUT2D eigenvalue weighted by Gasteiger charge is 2.34. The van der Waals surface area contributed by atoms with Crippen LogP contribution in [0.25, 0.3) is 0 Å². The van der Waals surface area contributed by atoms with Gasteiger partial charge in [0.05, 0.1) is 6.54 Å². The van der Waals surface area contributed by atoms with Crippen molar-refractivity contribution < 1.29 is 19.5 Å². The van der Waals surface area contributed by atoms with E-state index in [1.165, 1.54) is 12.1 Å². The van der Waals surface area contributed by atoms with Gasteiger partial charge in [-0.2, -0.15) is 0 Å². The first-order chi connectivity index (χ1) is 11.5. The Bertz CT molecular complexity index is 716. The molecule has 1 atom stereocenters. The topological polar surface area (TPSA) is 101 Å². The van der Waals surface area contributed by atoms with Crippen LogP contribution in [0.2, 0.25) is 0 Å². The van der Waals surface area contributed by atoms with E-state index in [4.69, 9.17) is 5.73 Å². The number of nitrogens with zero attached hydrogens (tertiary/aromatic N) is 1. The maximum absolute atomic E-state index is 12.7. The summed E-state index contributed by atoms with van der Waals surface area (Å²) < 4.78 is 0. The van der Waals surface area contributed by atoms with E-state index in [0.29, 0.717) is 5.56 Å². The van der Waals surface area contributed by atoms with Gasteiger partial charge >= 0.3 is 5.97 Å². The molecule has 0 aliphatic heterocycles. The SMILES string of the molecule is NCC(=O)N(C(=O)c1ccccc1)[C@@H](Cc1ccccc1)C(=O)O. The number of carboxylic acids is 1. The Kier molecular flexibility index (Phi) is 5.81. The Balaban J connectivity index is 2.38. The molecule has 0 saturated carbocycles. The number of carbonyl (C=O) groups excluding carboxylic acids is 2. The molecule has 6 nitrogen and oxygen atoms in total. The van der Waals surface area contributed by atoms with E-state index in [0.717, 1.165) is 4.90 Å². The summed E-state index contributed by atoms with van der Waals surface area (Å²) in [5.41, 5.74) is 6.33. The molecular formula is C18H18N2O4. The molecule has 0 unspecified atom stereocenters. The number of carbonyl (C=O) groups is 3. The lowest BCUT2D eigenvalue weighted by Gasteiger charge is -2.27. The molecule has 2 amide bonds. The van der Waals surface area contributed by atoms with Crippen molar-refractivity contribution in [2.75, 3.05) is 6.54 Å². The molecule has 0 heterocycles. The number of imide groups is 1. The normalized spacial score (nSPS) is 11.5. The highest BCUT2D eigenvalue weighted by atomic mass is 16.4. The monoisotopic (exact) mass is 326 g/mol. The first-order valence-electron chi connectivity index (χ1n) is 7.43. The fourth-order valence-corrected chi connectivity index (χ4v) is 2.37. The first kappa shape index (κ1) is 17.4. The molecule has 0 saturated heterocycles. The molecule has 3 N–H and O–H groups in total. The zero-order chi connectivity index (χ0) is 17.5. The molecule has 2 aromatic rings. The van der Waals surface area contributed by atoms with Gasteiger partial charge in [0.15, 0.2) is 0 Å². The summed E-state index contributed by atoms with van der Waals surface area (Å²) in [4.78, 5) is 37.3. The summed E-state index contributed by atoms with van der Waals surface area (Å²) in [5, 5.41) is 9.56. The summed E-state index contributed by atoms with van der Waals surface area (Å²) >= 11 is 0. The van der Waals surface area contributed by atoms with E-state index in [-0.39, 0.29) is 12.0 Å². The first-order valence-corrected chi connectivity index (χ1v) is 7.43. The van der Waals surface area contributed by atoms with Crippen molar-refractivity contribution in [2.24, 2.45) is 5.73 Å². The quantitative estimate of drug-likeness (QED) is 0.833.